The van der Waals surface area contributed by atoms with Gasteiger partial charge in [-0.05, 0) is 42.0 Å². The molecule has 27 heavy (non-hydrogen) atoms. The normalized spacial score (nSPS) is 15.7. The molecular formula is C22H19N3O2. The lowest BCUT2D eigenvalue weighted by Crippen LogP contribution is -2.43. The van der Waals surface area contributed by atoms with Crippen LogP contribution in [-0.4, -0.2) is 11.8 Å². The van der Waals surface area contributed by atoms with E-state index < -0.39 is 0 Å². The molecule has 0 radical (unpaired) electrons. The van der Waals surface area contributed by atoms with Crippen molar-refractivity contribution in [1.82, 2.24) is 0 Å². The third-order valence-electron chi connectivity index (χ3n) is 4.51. The Morgan fingerprint density at radius 1 is 0.926 bits per heavy atom. The fourth-order valence-corrected chi connectivity index (χ4v) is 3.29. The van der Waals surface area contributed by atoms with Gasteiger partial charge >= 0.3 is 0 Å². The number of carbonyl (C=O) groups is 2. The van der Waals surface area contributed by atoms with E-state index in [0.717, 1.165) is 22.6 Å². The summed E-state index contributed by atoms with van der Waals surface area (Å²) in [7, 11) is 0. The molecule has 0 spiro atoms. The highest BCUT2D eigenvalue weighted by Crippen LogP contribution is 2.36. The number of para-hydroxylation sites is 2. The summed E-state index contributed by atoms with van der Waals surface area (Å²) >= 11 is 0. The van der Waals surface area contributed by atoms with Crippen molar-refractivity contribution in [3.8, 4) is 0 Å². The lowest BCUT2D eigenvalue weighted by atomic mass is 10.0. The third kappa shape index (κ3) is 3.27. The Labute approximate surface area is 157 Å². The van der Waals surface area contributed by atoms with Crippen molar-refractivity contribution in [3.63, 3.8) is 0 Å². The highest BCUT2D eigenvalue weighted by Gasteiger charge is 2.33. The van der Waals surface area contributed by atoms with E-state index >= 15 is 0 Å². The predicted octanol–water partition coefficient (Wildman–Crippen LogP) is 4.42. The molecule has 2 amide bonds. The highest BCUT2D eigenvalue weighted by molar-refractivity contribution is 6.12. The van der Waals surface area contributed by atoms with Gasteiger partial charge in [0.25, 0.3) is 5.91 Å². The SMILES string of the molecule is CC(=O)Nc1ccc(C2Nc3ccccc3C(=O)N2c2ccccc2)cc1. The molecular weight excluding hydrogens is 338 g/mol. The van der Waals surface area contributed by atoms with Gasteiger partial charge in [-0.25, -0.2) is 0 Å². The molecule has 0 aromatic heterocycles. The monoisotopic (exact) mass is 357 g/mol. The van der Waals surface area contributed by atoms with E-state index in [2.05, 4.69) is 10.6 Å². The van der Waals surface area contributed by atoms with Gasteiger partial charge < -0.3 is 10.6 Å². The van der Waals surface area contributed by atoms with Crippen LogP contribution in [0.2, 0.25) is 0 Å². The van der Waals surface area contributed by atoms with Crippen LogP contribution in [0.3, 0.4) is 0 Å². The van der Waals surface area contributed by atoms with Crippen molar-refractivity contribution in [1.29, 1.82) is 0 Å². The minimum Gasteiger partial charge on any atom is -0.360 e. The molecule has 0 saturated heterocycles. The molecule has 1 atom stereocenters. The first kappa shape index (κ1) is 16.8. The van der Waals surface area contributed by atoms with Gasteiger partial charge in [0.05, 0.1) is 5.56 Å². The molecule has 1 unspecified atom stereocenters. The van der Waals surface area contributed by atoms with Crippen LogP contribution in [0.25, 0.3) is 0 Å². The maximum absolute atomic E-state index is 13.2. The molecule has 0 saturated carbocycles. The van der Waals surface area contributed by atoms with Crippen molar-refractivity contribution < 1.29 is 9.59 Å². The number of rotatable bonds is 3. The largest absolute Gasteiger partial charge is 0.360 e. The molecule has 3 aromatic rings. The second-order valence-electron chi connectivity index (χ2n) is 6.41. The van der Waals surface area contributed by atoms with Crippen LogP contribution in [0.5, 0.6) is 0 Å². The highest BCUT2D eigenvalue weighted by atomic mass is 16.2. The number of nitrogens with zero attached hydrogens (tertiary/aromatic N) is 1. The molecule has 0 fully saturated rings. The molecule has 134 valence electrons. The van der Waals surface area contributed by atoms with Gasteiger partial charge in [0.1, 0.15) is 6.17 Å². The van der Waals surface area contributed by atoms with E-state index in [4.69, 9.17) is 0 Å². The zero-order chi connectivity index (χ0) is 18.8. The number of anilines is 3. The number of amides is 2. The zero-order valence-corrected chi connectivity index (χ0v) is 14.8. The zero-order valence-electron chi connectivity index (χ0n) is 14.8. The molecule has 5 nitrogen and oxygen atoms in total. The van der Waals surface area contributed by atoms with Crippen molar-refractivity contribution in [2.75, 3.05) is 15.5 Å². The second kappa shape index (κ2) is 6.96. The number of nitrogens with one attached hydrogen (secondary N) is 2. The van der Waals surface area contributed by atoms with Gasteiger partial charge in [0.15, 0.2) is 0 Å². The summed E-state index contributed by atoms with van der Waals surface area (Å²) in [6.07, 6.45) is -0.346. The Kier molecular flexibility index (Phi) is 4.34. The van der Waals surface area contributed by atoms with Crippen LogP contribution < -0.4 is 15.5 Å². The number of hydrogen-bond donors (Lipinski definition) is 2. The second-order valence-corrected chi connectivity index (χ2v) is 6.41. The fraction of sp³-hybridized carbons (Fsp3) is 0.0909. The van der Waals surface area contributed by atoms with Crippen LogP contribution in [0.1, 0.15) is 29.0 Å². The average Bonchev–Trinajstić information content (AvgIpc) is 2.69. The number of fused-ring (bicyclic) bond motifs is 1. The Morgan fingerprint density at radius 3 is 2.30 bits per heavy atom. The fourth-order valence-electron chi connectivity index (χ4n) is 3.29. The van der Waals surface area contributed by atoms with E-state index in [-0.39, 0.29) is 18.0 Å². The van der Waals surface area contributed by atoms with Crippen LogP contribution in [0.4, 0.5) is 17.1 Å². The first-order valence-corrected chi connectivity index (χ1v) is 8.75. The van der Waals surface area contributed by atoms with Crippen LogP contribution in [0, 0.1) is 0 Å². The number of benzene rings is 3. The van der Waals surface area contributed by atoms with E-state index in [0.29, 0.717) is 5.56 Å². The first-order chi connectivity index (χ1) is 13.1. The lowest BCUT2D eigenvalue weighted by Gasteiger charge is -2.38. The van der Waals surface area contributed by atoms with Crippen LogP contribution in [-0.2, 0) is 4.79 Å². The van der Waals surface area contributed by atoms with Crippen molar-refractivity contribution in [2.24, 2.45) is 0 Å². The average molecular weight is 357 g/mol. The maximum atomic E-state index is 13.2. The molecule has 5 heteroatoms. The Bertz CT molecular complexity index is 984. The predicted molar refractivity (Wildman–Crippen MR) is 107 cm³/mol. The summed E-state index contributed by atoms with van der Waals surface area (Å²) in [6, 6.07) is 24.6. The van der Waals surface area contributed by atoms with Gasteiger partial charge in [0, 0.05) is 24.0 Å². The van der Waals surface area contributed by atoms with E-state index in [1.807, 2.05) is 78.9 Å². The van der Waals surface area contributed by atoms with Crippen molar-refractivity contribution in [2.45, 2.75) is 13.1 Å². The Morgan fingerprint density at radius 2 is 1.59 bits per heavy atom. The molecule has 1 aliphatic heterocycles. The smallest absolute Gasteiger partial charge is 0.262 e. The van der Waals surface area contributed by atoms with Crippen molar-refractivity contribution >= 4 is 28.9 Å². The summed E-state index contributed by atoms with van der Waals surface area (Å²) in [5.74, 6) is -0.167. The van der Waals surface area contributed by atoms with Gasteiger partial charge in [-0.1, -0.05) is 42.5 Å². The summed E-state index contributed by atoms with van der Waals surface area (Å²) in [5, 5.41) is 6.23. The molecule has 1 aliphatic rings. The molecule has 1 heterocycles. The summed E-state index contributed by atoms with van der Waals surface area (Å²) in [4.78, 5) is 26.2. The topological polar surface area (TPSA) is 61.4 Å². The van der Waals surface area contributed by atoms with Gasteiger partial charge in [0.2, 0.25) is 5.91 Å². The van der Waals surface area contributed by atoms with Gasteiger partial charge in [-0.15, -0.1) is 0 Å². The quantitative estimate of drug-likeness (QED) is 0.730. The Hall–Kier alpha value is -3.60. The summed E-state index contributed by atoms with van der Waals surface area (Å²) < 4.78 is 0. The summed E-state index contributed by atoms with van der Waals surface area (Å²) in [5.41, 5.74) is 3.93. The molecule has 4 rings (SSSR count). The minimum atomic E-state index is -0.346. The molecule has 0 aliphatic carbocycles. The van der Waals surface area contributed by atoms with Gasteiger partial charge in [-0.3, -0.25) is 14.5 Å². The number of hydrogen-bond acceptors (Lipinski definition) is 3. The molecule has 3 aromatic carbocycles. The lowest BCUT2D eigenvalue weighted by molar-refractivity contribution is -0.114. The molecule has 0 bridgehead atoms. The van der Waals surface area contributed by atoms with E-state index in [1.165, 1.54) is 6.92 Å². The standard InChI is InChI=1S/C22H19N3O2/c1-15(26)23-17-13-11-16(12-14-17)21-24-20-10-6-5-9-19(20)22(27)25(21)18-7-3-2-4-8-18/h2-14,21,24H,1H3,(H,23,26). The summed E-state index contributed by atoms with van der Waals surface area (Å²) in [6.45, 7) is 1.48. The van der Waals surface area contributed by atoms with Crippen LogP contribution >= 0.6 is 0 Å². The van der Waals surface area contributed by atoms with Crippen molar-refractivity contribution in [3.05, 3.63) is 90.0 Å². The van der Waals surface area contributed by atoms with E-state index in [1.54, 1.807) is 4.90 Å². The van der Waals surface area contributed by atoms with Gasteiger partial charge in [-0.2, -0.15) is 0 Å². The minimum absolute atomic E-state index is 0.0495. The first-order valence-electron chi connectivity index (χ1n) is 8.75. The number of carbonyl (C=O) groups excluding carboxylic acids is 2. The van der Waals surface area contributed by atoms with E-state index in [9.17, 15) is 9.59 Å². The third-order valence-corrected chi connectivity index (χ3v) is 4.51. The molecule has 2 N–H and O–H groups in total. The van der Waals surface area contributed by atoms with Crippen LogP contribution in [0.15, 0.2) is 78.9 Å². The maximum Gasteiger partial charge on any atom is 0.262 e. The Balaban J connectivity index is 1.76.